The lowest BCUT2D eigenvalue weighted by molar-refractivity contribution is 0.613. The van der Waals surface area contributed by atoms with E-state index in [9.17, 15) is 0 Å². The van der Waals surface area contributed by atoms with E-state index < -0.39 is 0 Å². The van der Waals surface area contributed by atoms with Crippen LogP contribution in [0.4, 0.5) is 0 Å². The fraction of sp³-hybridized carbons (Fsp3) is 0.308. The quantitative estimate of drug-likeness (QED) is 0.893. The lowest BCUT2D eigenvalue weighted by Gasteiger charge is -2.10. The fourth-order valence-electron chi connectivity index (χ4n) is 1.63. The predicted octanol–water partition coefficient (Wildman–Crippen LogP) is 3.69. The van der Waals surface area contributed by atoms with Crippen molar-refractivity contribution in [3.63, 3.8) is 0 Å². The highest BCUT2D eigenvalue weighted by Gasteiger charge is 2.07. The largest absolute Gasteiger partial charge is 0.312 e. The van der Waals surface area contributed by atoms with Crippen LogP contribution in [0.2, 0.25) is 5.02 Å². The maximum absolute atomic E-state index is 6.09. The smallest absolute Gasteiger partial charge is 0.0965 e. The van der Waals surface area contributed by atoms with Gasteiger partial charge in [-0.25, -0.2) is 4.98 Å². The number of aromatic nitrogens is 1. The van der Waals surface area contributed by atoms with Crippen molar-refractivity contribution in [3.05, 3.63) is 51.4 Å². The first-order valence-corrected chi connectivity index (χ1v) is 6.86. The molecule has 2 aromatic rings. The van der Waals surface area contributed by atoms with Crippen molar-refractivity contribution in [2.75, 3.05) is 6.54 Å². The molecule has 0 saturated carbocycles. The van der Waals surface area contributed by atoms with Crippen LogP contribution in [0.25, 0.3) is 0 Å². The standard InChI is InChI=1S/C13H15ClN2S/c1-10(13-16-6-7-17-13)8-15-9-11-4-2-3-5-12(11)14/h2-7,10,15H,8-9H2,1H3. The molecule has 0 aliphatic carbocycles. The van der Waals surface area contributed by atoms with E-state index in [-0.39, 0.29) is 0 Å². The number of rotatable bonds is 5. The molecule has 1 aromatic carbocycles. The minimum Gasteiger partial charge on any atom is -0.312 e. The van der Waals surface area contributed by atoms with Gasteiger partial charge in [-0.1, -0.05) is 36.7 Å². The topological polar surface area (TPSA) is 24.9 Å². The van der Waals surface area contributed by atoms with Crippen LogP contribution in [0.5, 0.6) is 0 Å². The van der Waals surface area contributed by atoms with Crippen LogP contribution in [0.1, 0.15) is 23.4 Å². The second-order valence-corrected chi connectivity index (χ2v) is 5.33. The zero-order valence-corrected chi connectivity index (χ0v) is 11.3. The van der Waals surface area contributed by atoms with Crippen LogP contribution in [0.15, 0.2) is 35.8 Å². The van der Waals surface area contributed by atoms with E-state index in [1.807, 2.05) is 35.8 Å². The number of halogens is 1. The van der Waals surface area contributed by atoms with E-state index >= 15 is 0 Å². The van der Waals surface area contributed by atoms with Gasteiger partial charge in [0.2, 0.25) is 0 Å². The van der Waals surface area contributed by atoms with Crippen LogP contribution in [-0.4, -0.2) is 11.5 Å². The third-order valence-corrected chi connectivity index (χ3v) is 3.97. The second kappa shape index (κ2) is 6.15. The van der Waals surface area contributed by atoms with Crippen LogP contribution in [0, 0.1) is 0 Å². The molecule has 2 nitrogen and oxygen atoms in total. The maximum atomic E-state index is 6.09. The molecule has 2 rings (SSSR count). The van der Waals surface area contributed by atoms with Gasteiger partial charge in [-0.2, -0.15) is 0 Å². The number of nitrogens with one attached hydrogen (secondary N) is 1. The summed E-state index contributed by atoms with van der Waals surface area (Å²) in [5.74, 6) is 0.442. The Morgan fingerprint density at radius 3 is 2.94 bits per heavy atom. The predicted molar refractivity (Wildman–Crippen MR) is 73.7 cm³/mol. The van der Waals surface area contributed by atoms with Crippen LogP contribution < -0.4 is 5.32 Å². The van der Waals surface area contributed by atoms with Crippen molar-refractivity contribution in [2.45, 2.75) is 19.4 Å². The summed E-state index contributed by atoms with van der Waals surface area (Å²) in [6.45, 7) is 3.90. The van der Waals surface area contributed by atoms with E-state index in [1.165, 1.54) is 5.01 Å². The highest BCUT2D eigenvalue weighted by Crippen LogP contribution is 2.17. The molecule has 0 aliphatic heterocycles. The normalized spacial score (nSPS) is 12.6. The van der Waals surface area contributed by atoms with Gasteiger partial charge in [-0.15, -0.1) is 11.3 Å². The number of hydrogen-bond acceptors (Lipinski definition) is 3. The minimum atomic E-state index is 0.442. The van der Waals surface area contributed by atoms with E-state index in [0.717, 1.165) is 23.7 Å². The van der Waals surface area contributed by atoms with Gasteiger partial charge in [0.05, 0.1) is 5.01 Å². The molecule has 1 unspecified atom stereocenters. The fourth-order valence-corrected chi connectivity index (χ4v) is 2.53. The summed E-state index contributed by atoms with van der Waals surface area (Å²) in [5.41, 5.74) is 1.14. The lowest BCUT2D eigenvalue weighted by Crippen LogP contribution is -2.19. The maximum Gasteiger partial charge on any atom is 0.0965 e. The Kier molecular flexibility index (Phi) is 4.54. The number of benzene rings is 1. The molecule has 0 spiro atoms. The Hall–Kier alpha value is -0.900. The van der Waals surface area contributed by atoms with Crippen molar-refractivity contribution >= 4 is 22.9 Å². The monoisotopic (exact) mass is 266 g/mol. The highest BCUT2D eigenvalue weighted by molar-refractivity contribution is 7.09. The van der Waals surface area contributed by atoms with Gasteiger partial charge in [0.1, 0.15) is 0 Å². The van der Waals surface area contributed by atoms with E-state index in [2.05, 4.69) is 17.2 Å². The van der Waals surface area contributed by atoms with Gasteiger partial charge in [0.25, 0.3) is 0 Å². The molecule has 0 saturated heterocycles. The summed E-state index contributed by atoms with van der Waals surface area (Å²) >= 11 is 7.79. The summed E-state index contributed by atoms with van der Waals surface area (Å²) < 4.78 is 0. The molecular formula is C13H15ClN2S. The van der Waals surface area contributed by atoms with Crippen molar-refractivity contribution in [3.8, 4) is 0 Å². The summed E-state index contributed by atoms with van der Waals surface area (Å²) in [6, 6.07) is 7.92. The van der Waals surface area contributed by atoms with Gasteiger partial charge in [0, 0.05) is 35.6 Å². The third-order valence-electron chi connectivity index (χ3n) is 2.60. The molecule has 90 valence electrons. The minimum absolute atomic E-state index is 0.442. The van der Waals surface area contributed by atoms with Gasteiger partial charge in [0.15, 0.2) is 0 Å². The molecule has 0 aliphatic rings. The van der Waals surface area contributed by atoms with Gasteiger partial charge < -0.3 is 5.32 Å². The van der Waals surface area contributed by atoms with Crippen LogP contribution in [-0.2, 0) is 6.54 Å². The summed E-state index contributed by atoms with van der Waals surface area (Å²) in [6.07, 6.45) is 1.85. The number of hydrogen-bond donors (Lipinski definition) is 1. The van der Waals surface area contributed by atoms with Gasteiger partial charge >= 0.3 is 0 Å². The SMILES string of the molecule is CC(CNCc1ccccc1Cl)c1nccs1. The molecule has 17 heavy (non-hydrogen) atoms. The Morgan fingerprint density at radius 2 is 2.24 bits per heavy atom. The summed E-state index contributed by atoms with van der Waals surface area (Å²) in [5, 5.41) is 7.43. The van der Waals surface area contributed by atoms with Crippen molar-refractivity contribution in [1.82, 2.24) is 10.3 Å². The van der Waals surface area contributed by atoms with Crippen LogP contribution in [0.3, 0.4) is 0 Å². The molecule has 1 heterocycles. The summed E-state index contributed by atoms with van der Waals surface area (Å²) in [7, 11) is 0. The first-order valence-electron chi connectivity index (χ1n) is 5.61. The first kappa shape index (κ1) is 12.6. The average Bonchev–Trinajstić information content (AvgIpc) is 2.85. The zero-order valence-electron chi connectivity index (χ0n) is 9.69. The zero-order chi connectivity index (χ0) is 12.1. The second-order valence-electron chi connectivity index (χ2n) is 3.99. The first-order chi connectivity index (χ1) is 8.27. The number of nitrogens with zero attached hydrogens (tertiary/aromatic N) is 1. The molecule has 1 N–H and O–H groups in total. The molecular weight excluding hydrogens is 252 g/mol. The molecule has 0 fully saturated rings. The molecule has 0 amide bonds. The molecule has 1 atom stereocenters. The summed E-state index contributed by atoms with van der Waals surface area (Å²) in [4.78, 5) is 4.31. The van der Waals surface area contributed by atoms with Gasteiger partial charge in [-0.3, -0.25) is 0 Å². The molecule has 4 heteroatoms. The molecule has 1 aromatic heterocycles. The third kappa shape index (κ3) is 3.53. The molecule has 0 radical (unpaired) electrons. The highest BCUT2D eigenvalue weighted by atomic mass is 35.5. The van der Waals surface area contributed by atoms with E-state index in [0.29, 0.717) is 5.92 Å². The Labute approximate surface area is 111 Å². The Morgan fingerprint density at radius 1 is 1.41 bits per heavy atom. The van der Waals surface area contributed by atoms with Crippen molar-refractivity contribution < 1.29 is 0 Å². The van der Waals surface area contributed by atoms with E-state index in [1.54, 1.807) is 11.3 Å². The van der Waals surface area contributed by atoms with Gasteiger partial charge in [-0.05, 0) is 11.6 Å². The molecule has 0 bridgehead atoms. The van der Waals surface area contributed by atoms with E-state index in [4.69, 9.17) is 11.6 Å². The average molecular weight is 267 g/mol. The lowest BCUT2D eigenvalue weighted by atomic mass is 10.2. The van der Waals surface area contributed by atoms with Crippen LogP contribution >= 0.6 is 22.9 Å². The number of thiazole rings is 1. The Balaban J connectivity index is 1.82. The Bertz CT molecular complexity index is 456. The van der Waals surface area contributed by atoms with Crippen molar-refractivity contribution in [2.24, 2.45) is 0 Å². The van der Waals surface area contributed by atoms with Crippen molar-refractivity contribution in [1.29, 1.82) is 0 Å².